The van der Waals surface area contributed by atoms with E-state index in [1.807, 2.05) is 24.3 Å². The first-order valence-electron chi connectivity index (χ1n) is 5.93. The molecule has 0 fully saturated rings. The second kappa shape index (κ2) is 8.24. The van der Waals surface area contributed by atoms with Gasteiger partial charge < -0.3 is 15.5 Å². The molecule has 0 aromatic heterocycles. The molecule has 4 nitrogen and oxygen atoms in total. The van der Waals surface area contributed by atoms with Crippen LogP contribution in [0.4, 0.5) is 0 Å². The highest BCUT2D eigenvalue weighted by Gasteiger charge is 2.06. The van der Waals surface area contributed by atoms with Crippen LogP contribution in [-0.4, -0.2) is 35.4 Å². The van der Waals surface area contributed by atoms with Gasteiger partial charge >= 0.3 is 5.97 Å². The Labute approximate surface area is 115 Å². The monoisotopic (exact) mass is 315 g/mol. The minimum atomic E-state index is -0.873. The summed E-state index contributed by atoms with van der Waals surface area (Å²) < 4.78 is 1.08. The fourth-order valence-corrected chi connectivity index (χ4v) is 2.07. The second-order valence-electron chi connectivity index (χ2n) is 4.13. The summed E-state index contributed by atoms with van der Waals surface area (Å²) in [6.45, 7) is 1.18. The molecular formula is C13H18BrNO3. The molecule has 1 aromatic rings. The zero-order valence-corrected chi connectivity index (χ0v) is 11.7. The lowest BCUT2D eigenvalue weighted by Crippen LogP contribution is -2.28. The summed E-state index contributed by atoms with van der Waals surface area (Å²) in [6.07, 6.45) is 0.567. The molecule has 0 aliphatic heterocycles. The topological polar surface area (TPSA) is 69.6 Å². The van der Waals surface area contributed by atoms with Gasteiger partial charge in [0.15, 0.2) is 0 Å². The van der Waals surface area contributed by atoms with Crippen molar-refractivity contribution in [3.8, 4) is 0 Å². The number of aliphatic hydroxyl groups excluding tert-OH is 1. The van der Waals surface area contributed by atoms with Crippen LogP contribution in [0.5, 0.6) is 0 Å². The normalized spacial score (nSPS) is 12.3. The number of hydrogen-bond donors (Lipinski definition) is 3. The largest absolute Gasteiger partial charge is 0.481 e. The molecule has 18 heavy (non-hydrogen) atoms. The number of carboxylic acids is 1. The van der Waals surface area contributed by atoms with E-state index in [4.69, 9.17) is 5.11 Å². The van der Waals surface area contributed by atoms with Crippen LogP contribution in [0.15, 0.2) is 28.7 Å². The number of carboxylic acid groups (broad SMARTS) is 1. The highest BCUT2D eigenvalue weighted by molar-refractivity contribution is 9.10. The Hall–Kier alpha value is -0.910. The summed E-state index contributed by atoms with van der Waals surface area (Å²) in [5, 5.41) is 21.1. The molecule has 1 atom stereocenters. The first-order valence-corrected chi connectivity index (χ1v) is 6.73. The molecule has 0 heterocycles. The average Bonchev–Trinajstić information content (AvgIpc) is 2.34. The van der Waals surface area contributed by atoms with Gasteiger partial charge in [-0.1, -0.05) is 34.1 Å². The molecule has 0 bridgehead atoms. The number of hydrogen-bond acceptors (Lipinski definition) is 3. The van der Waals surface area contributed by atoms with Crippen molar-refractivity contribution in [3.05, 3.63) is 34.3 Å². The molecule has 1 aromatic carbocycles. The lowest BCUT2D eigenvalue weighted by Gasteiger charge is -2.11. The van der Waals surface area contributed by atoms with Crippen LogP contribution in [0, 0.1) is 0 Å². The van der Waals surface area contributed by atoms with E-state index in [9.17, 15) is 9.90 Å². The van der Waals surface area contributed by atoms with Gasteiger partial charge in [0.2, 0.25) is 0 Å². The first-order chi connectivity index (χ1) is 8.59. The summed E-state index contributed by atoms with van der Waals surface area (Å²) in [6, 6.07) is 8.00. The Bertz CT molecular complexity index is 384. The smallest absolute Gasteiger partial charge is 0.303 e. The minimum Gasteiger partial charge on any atom is -0.481 e. The average molecular weight is 316 g/mol. The number of rotatable bonds is 8. The third-order valence-electron chi connectivity index (χ3n) is 2.60. The van der Waals surface area contributed by atoms with Crippen LogP contribution < -0.4 is 5.32 Å². The van der Waals surface area contributed by atoms with Crippen molar-refractivity contribution >= 4 is 21.9 Å². The number of nitrogens with one attached hydrogen (secondary N) is 1. The molecule has 100 valence electrons. The molecule has 1 rings (SSSR count). The third kappa shape index (κ3) is 6.14. The van der Waals surface area contributed by atoms with Gasteiger partial charge in [-0.3, -0.25) is 4.79 Å². The maximum absolute atomic E-state index is 10.3. The van der Waals surface area contributed by atoms with E-state index in [1.165, 1.54) is 5.56 Å². The molecular weight excluding hydrogens is 298 g/mol. The highest BCUT2D eigenvalue weighted by Crippen LogP contribution is 2.15. The van der Waals surface area contributed by atoms with E-state index < -0.39 is 12.1 Å². The van der Waals surface area contributed by atoms with Gasteiger partial charge in [0.25, 0.3) is 0 Å². The molecule has 3 N–H and O–H groups in total. The van der Waals surface area contributed by atoms with Gasteiger partial charge in [0.1, 0.15) is 0 Å². The lowest BCUT2D eigenvalue weighted by atomic mass is 10.1. The number of aliphatic hydroxyl groups is 1. The van der Waals surface area contributed by atoms with E-state index in [0.717, 1.165) is 17.4 Å². The Balaban J connectivity index is 2.15. The Morgan fingerprint density at radius 2 is 2.11 bits per heavy atom. The van der Waals surface area contributed by atoms with E-state index in [0.29, 0.717) is 6.54 Å². The second-order valence-corrected chi connectivity index (χ2v) is 4.99. The maximum Gasteiger partial charge on any atom is 0.303 e. The fraction of sp³-hybridized carbons (Fsp3) is 0.462. The van der Waals surface area contributed by atoms with E-state index in [-0.39, 0.29) is 12.8 Å². The van der Waals surface area contributed by atoms with Crippen LogP contribution in [0.1, 0.15) is 18.4 Å². The van der Waals surface area contributed by atoms with Crippen molar-refractivity contribution in [2.24, 2.45) is 0 Å². The van der Waals surface area contributed by atoms with Crippen LogP contribution >= 0.6 is 15.9 Å². The predicted octanol–water partition coefficient (Wildman–Crippen LogP) is 1.81. The summed E-state index contributed by atoms with van der Waals surface area (Å²) in [7, 11) is 0. The van der Waals surface area contributed by atoms with Crippen molar-refractivity contribution in [1.82, 2.24) is 5.32 Å². The Morgan fingerprint density at radius 3 is 2.78 bits per heavy atom. The Morgan fingerprint density at radius 1 is 1.39 bits per heavy atom. The van der Waals surface area contributed by atoms with E-state index >= 15 is 0 Å². The number of aliphatic carboxylic acids is 1. The number of halogens is 1. The zero-order chi connectivity index (χ0) is 13.4. The molecule has 0 saturated carbocycles. The van der Waals surface area contributed by atoms with E-state index in [2.05, 4.69) is 21.2 Å². The van der Waals surface area contributed by atoms with Crippen molar-refractivity contribution in [1.29, 1.82) is 0 Å². The first kappa shape index (κ1) is 15.1. The molecule has 0 saturated heterocycles. The van der Waals surface area contributed by atoms with Crippen molar-refractivity contribution in [2.75, 3.05) is 13.1 Å². The lowest BCUT2D eigenvalue weighted by molar-refractivity contribution is -0.137. The standard InChI is InChI=1S/C13H18BrNO3/c14-12-4-2-1-3-10(12)7-8-15-9-11(16)5-6-13(17)18/h1-4,11,15-16H,5-9H2,(H,17,18). The molecule has 0 spiro atoms. The number of benzene rings is 1. The van der Waals surface area contributed by atoms with Crippen LogP contribution in [0.25, 0.3) is 0 Å². The van der Waals surface area contributed by atoms with Gasteiger partial charge in [-0.25, -0.2) is 0 Å². The summed E-state index contributed by atoms with van der Waals surface area (Å²) in [5.41, 5.74) is 1.21. The quantitative estimate of drug-likeness (QED) is 0.640. The van der Waals surface area contributed by atoms with Gasteiger partial charge in [-0.05, 0) is 31.0 Å². The Kier molecular flexibility index (Phi) is 6.93. The minimum absolute atomic E-state index is 0.00702. The number of carbonyl (C=O) groups is 1. The van der Waals surface area contributed by atoms with Crippen molar-refractivity contribution in [2.45, 2.75) is 25.4 Å². The van der Waals surface area contributed by atoms with Gasteiger partial charge in [-0.15, -0.1) is 0 Å². The maximum atomic E-state index is 10.3. The zero-order valence-electron chi connectivity index (χ0n) is 10.1. The third-order valence-corrected chi connectivity index (χ3v) is 3.37. The summed E-state index contributed by atoms with van der Waals surface area (Å²) in [4.78, 5) is 10.3. The SMILES string of the molecule is O=C(O)CCC(O)CNCCc1ccccc1Br. The fourth-order valence-electron chi connectivity index (χ4n) is 1.59. The van der Waals surface area contributed by atoms with Crippen LogP contribution in [0.3, 0.4) is 0 Å². The van der Waals surface area contributed by atoms with E-state index in [1.54, 1.807) is 0 Å². The van der Waals surface area contributed by atoms with Gasteiger partial charge in [0, 0.05) is 17.4 Å². The molecule has 0 amide bonds. The highest BCUT2D eigenvalue weighted by atomic mass is 79.9. The summed E-state index contributed by atoms with van der Waals surface area (Å²) >= 11 is 3.48. The predicted molar refractivity (Wildman–Crippen MR) is 73.6 cm³/mol. The molecule has 0 aliphatic carbocycles. The summed E-state index contributed by atoms with van der Waals surface area (Å²) in [5.74, 6) is -0.873. The molecule has 0 radical (unpaired) electrons. The van der Waals surface area contributed by atoms with Crippen LogP contribution in [0.2, 0.25) is 0 Å². The van der Waals surface area contributed by atoms with Crippen molar-refractivity contribution in [3.63, 3.8) is 0 Å². The molecule has 1 unspecified atom stereocenters. The van der Waals surface area contributed by atoms with Crippen LogP contribution in [-0.2, 0) is 11.2 Å². The molecule has 5 heteroatoms. The van der Waals surface area contributed by atoms with Crippen molar-refractivity contribution < 1.29 is 15.0 Å². The van der Waals surface area contributed by atoms with Gasteiger partial charge in [-0.2, -0.15) is 0 Å². The molecule has 0 aliphatic rings. The van der Waals surface area contributed by atoms with Gasteiger partial charge in [0.05, 0.1) is 6.10 Å².